The van der Waals surface area contributed by atoms with E-state index in [9.17, 15) is 18.0 Å². The van der Waals surface area contributed by atoms with Gasteiger partial charge in [0, 0.05) is 18.5 Å². The fourth-order valence-corrected chi connectivity index (χ4v) is 3.23. The van der Waals surface area contributed by atoms with Gasteiger partial charge in [0.25, 0.3) is 0 Å². The van der Waals surface area contributed by atoms with Gasteiger partial charge in [-0.15, -0.1) is 0 Å². The Morgan fingerprint density at radius 2 is 2.06 bits per heavy atom. The Morgan fingerprint density at radius 3 is 2.69 bits per heavy atom. The summed E-state index contributed by atoms with van der Waals surface area (Å²) in [7, 11) is 1.45. The third kappa shape index (κ3) is 5.42. The molecule has 3 aromatic rings. The summed E-state index contributed by atoms with van der Waals surface area (Å²) in [6, 6.07) is 8.28. The Balaban J connectivity index is 1.84. The van der Waals surface area contributed by atoms with E-state index in [4.69, 9.17) is 21.1 Å². The second-order valence-electron chi connectivity index (χ2n) is 6.47. The minimum absolute atomic E-state index is 0.215. The number of nitrogens with one attached hydrogen (secondary N) is 1. The van der Waals surface area contributed by atoms with Crippen LogP contribution in [0.15, 0.2) is 54.9 Å². The molecular weight excluding hydrogens is 447 g/mol. The van der Waals surface area contributed by atoms with Gasteiger partial charge in [0.15, 0.2) is 11.5 Å². The number of carbonyl (C=O) groups excluding carboxylic acids is 1. The first-order valence-corrected chi connectivity index (χ1v) is 9.81. The van der Waals surface area contributed by atoms with Gasteiger partial charge in [0.2, 0.25) is 5.91 Å². The molecule has 0 aliphatic heterocycles. The number of hydrogen-bond donors (Lipinski definition) is 1. The molecule has 0 unspecified atom stereocenters. The van der Waals surface area contributed by atoms with E-state index in [0.717, 1.165) is 12.1 Å². The van der Waals surface area contributed by atoms with Crippen LogP contribution in [-0.4, -0.2) is 29.4 Å². The Labute approximate surface area is 187 Å². The monoisotopic (exact) mass is 465 g/mol. The van der Waals surface area contributed by atoms with Crippen LogP contribution in [0.1, 0.15) is 18.1 Å². The number of rotatable bonds is 7. The Kier molecular flexibility index (Phi) is 7.09. The van der Waals surface area contributed by atoms with Crippen molar-refractivity contribution in [2.45, 2.75) is 13.1 Å². The number of alkyl halides is 3. The van der Waals surface area contributed by atoms with Crippen molar-refractivity contribution in [3.05, 3.63) is 71.0 Å². The molecule has 0 spiro atoms. The van der Waals surface area contributed by atoms with Gasteiger partial charge < -0.3 is 14.8 Å². The van der Waals surface area contributed by atoms with Crippen LogP contribution in [0.3, 0.4) is 0 Å². The van der Waals surface area contributed by atoms with Crippen LogP contribution in [-0.2, 0) is 11.0 Å². The number of carbonyl (C=O) groups is 1. The fraction of sp³-hybridized carbons (Fsp3) is 0.182. The van der Waals surface area contributed by atoms with Gasteiger partial charge >= 0.3 is 6.18 Å². The first-order chi connectivity index (χ1) is 15.2. The lowest BCUT2D eigenvalue weighted by Crippen LogP contribution is -2.15. The molecule has 1 heterocycles. The first-order valence-electron chi connectivity index (χ1n) is 9.43. The molecule has 0 saturated heterocycles. The summed E-state index contributed by atoms with van der Waals surface area (Å²) in [6.45, 7) is 2.16. The van der Waals surface area contributed by atoms with Crippen molar-refractivity contribution in [3.63, 3.8) is 0 Å². The zero-order valence-corrected chi connectivity index (χ0v) is 17.9. The number of aromatic nitrogens is 2. The quantitative estimate of drug-likeness (QED) is 0.461. The lowest BCUT2D eigenvalue weighted by Gasteiger charge is -2.15. The van der Waals surface area contributed by atoms with Crippen LogP contribution >= 0.6 is 11.6 Å². The van der Waals surface area contributed by atoms with E-state index >= 15 is 0 Å². The Hall–Kier alpha value is -3.46. The first kappa shape index (κ1) is 23.2. The summed E-state index contributed by atoms with van der Waals surface area (Å²) in [6.07, 6.45) is 0.818. The van der Waals surface area contributed by atoms with Gasteiger partial charge in [-0.1, -0.05) is 11.6 Å². The fourth-order valence-electron chi connectivity index (χ4n) is 2.93. The predicted octanol–water partition coefficient (Wildman–Crippen LogP) is 5.60. The van der Waals surface area contributed by atoms with Crippen molar-refractivity contribution in [1.82, 2.24) is 9.78 Å². The number of anilines is 1. The molecule has 2 aromatic carbocycles. The zero-order valence-electron chi connectivity index (χ0n) is 17.1. The average molecular weight is 466 g/mol. The molecular formula is C22H19ClF3N3O3. The summed E-state index contributed by atoms with van der Waals surface area (Å²) >= 11 is 6.17. The number of amides is 1. The standard InChI is InChI=1S/C22H19ClF3N3O3/c1-3-32-19-12-14(11-17(23)21(19)31-2)5-8-20(30)28-18-7-6-15(29-10-4-9-27-29)13-16(18)22(24,25)26/h4-13H,3H2,1-2H3,(H,28,30)/b8-5+. The molecule has 0 radical (unpaired) electrons. The third-order valence-corrected chi connectivity index (χ3v) is 4.58. The minimum atomic E-state index is -4.68. The molecule has 0 atom stereocenters. The van der Waals surface area contributed by atoms with Crippen molar-refractivity contribution in [2.24, 2.45) is 0 Å². The van der Waals surface area contributed by atoms with Crippen LogP contribution in [0.25, 0.3) is 11.8 Å². The maximum absolute atomic E-state index is 13.6. The second kappa shape index (κ2) is 9.78. The van der Waals surface area contributed by atoms with Crippen molar-refractivity contribution < 1.29 is 27.4 Å². The highest BCUT2D eigenvalue weighted by Gasteiger charge is 2.34. The molecule has 1 aromatic heterocycles. The topological polar surface area (TPSA) is 65.4 Å². The van der Waals surface area contributed by atoms with Crippen LogP contribution in [0.4, 0.5) is 18.9 Å². The van der Waals surface area contributed by atoms with Crippen molar-refractivity contribution in [3.8, 4) is 17.2 Å². The van der Waals surface area contributed by atoms with E-state index in [1.165, 1.54) is 42.4 Å². The van der Waals surface area contributed by atoms with Gasteiger partial charge in [0.05, 0.1) is 35.7 Å². The smallest absolute Gasteiger partial charge is 0.418 e. The molecule has 1 amide bonds. The highest BCUT2D eigenvalue weighted by Crippen LogP contribution is 2.37. The molecule has 0 saturated carbocycles. The molecule has 32 heavy (non-hydrogen) atoms. The van der Waals surface area contributed by atoms with Crippen LogP contribution in [0.5, 0.6) is 11.5 Å². The van der Waals surface area contributed by atoms with E-state index in [1.807, 2.05) is 0 Å². The van der Waals surface area contributed by atoms with E-state index in [0.29, 0.717) is 23.7 Å². The number of methoxy groups -OCH3 is 1. The maximum atomic E-state index is 13.6. The van der Waals surface area contributed by atoms with Gasteiger partial charge in [0.1, 0.15) is 0 Å². The van der Waals surface area contributed by atoms with Crippen molar-refractivity contribution in [1.29, 1.82) is 0 Å². The second-order valence-corrected chi connectivity index (χ2v) is 6.88. The summed E-state index contributed by atoms with van der Waals surface area (Å²) < 4.78 is 52.7. The molecule has 0 aliphatic rings. The van der Waals surface area contributed by atoms with Crippen LogP contribution < -0.4 is 14.8 Å². The number of hydrogen-bond acceptors (Lipinski definition) is 4. The summed E-state index contributed by atoms with van der Waals surface area (Å²) in [5.74, 6) is -0.00873. The van der Waals surface area contributed by atoms with Gasteiger partial charge in [-0.05, 0) is 55.0 Å². The lowest BCUT2D eigenvalue weighted by atomic mass is 10.1. The van der Waals surface area contributed by atoms with Gasteiger partial charge in [-0.2, -0.15) is 18.3 Å². The number of ether oxygens (including phenoxy) is 2. The van der Waals surface area contributed by atoms with E-state index in [1.54, 1.807) is 25.1 Å². The summed E-state index contributed by atoms with van der Waals surface area (Å²) in [5.41, 5.74) is -0.629. The van der Waals surface area contributed by atoms with Gasteiger partial charge in [-0.3, -0.25) is 4.79 Å². The number of nitrogens with zero attached hydrogens (tertiary/aromatic N) is 2. The van der Waals surface area contributed by atoms with E-state index in [-0.39, 0.29) is 16.4 Å². The summed E-state index contributed by atoms with van der Waals surface area (Å²) in [5, 5.41) is 6.47. The van der Waals surface area contributed by atoms with E-state index < -0.39 is 17.6 Å². The highest BCUT2D eigenvalue weighted by atomic mass is 35.5. The normalized spacial score (nSPS) is 11.6. The Morgan fingerprint density at radius 1 is 1.28 bits per heavy atom. The Bertz CT molecular complexity index is 1130. The number of halogens is 4. The minimum Gasteiger partial charge on any atom is -0.491 e. The SMILES string of the molecule is CCOc1cc(/C=C/C(=O)Nc2ccc(-n3cccn3)cc2C(F)(F)F)cc(Cl)c1OC. The molecule has 0 bridgehead atoms. The summed E-state index contributed by atoms with van der Waals surface area (Å²) in [4.78, 5) is 12.3. The maximum Gasteiger partial charge on any atom is 0.418 e. The molecule has 10 heteroatoms. The van der Waals surface area contributed by atoms with Gasteiger partial charge in [-0.25, -0.2) is 4.68 Å². The molecule has 0 aliphatic carbocycles. The van der Waals surface area contributed by atoms with Crippen molar-refractivity contribution >= 4 is 29.3 Å². The predicted molar refractivity (Wildman–Crippen MR) is 115 cm³/mol. The zero-order chi connectivity index (χ0) is 23.3. The van der Waals surface area contributed by atoms with Crippen LogP contribution in [0, 0.1) is 0 Å². The molecule has 3 rings (SSSR count). The average Bonchev–Trinajstić information content (AvgIpc) is 3.27. The highest BCUT2D eigenvalue weighted by molar-refractivity contribution is 6.32. The van der Waals surface area contributed by atoms with Crippen LogP contribution in [0.2, 0.25) is 5.02 Å². The third-order valence-electron chi connectivity index (χ3n) is 4.30. The molecule has 0 fully saturated rings. The molecule has 6 nitrogen and oxygen atoms in total. The van der Waals surface area contributed by atoms with Crippen molar-refractivity contribution in [2.75, 3.05) is 19.0 Å². The largest absolute Gasteiger partial charge is 0.491 e. The lowest BCUT2D eigenvalue weighted by molar-refractivity contribution is -0.137. The molecule has 168 valence electrons. The number of benzene rings is 2. The van der Waals surface area contributed by atoms with E-state index in [2.05, 4.69) is 10.4 Å². The molecule has 1 N–H and O–H groups in total.